The van der Waals surface area contributed by atoms with Crippen LogP contribution in [0.5, 0.6) is 0 Å². The lowest BCUT2D eigenvalue weighted by Crippen LogP contribution is -2.30. The van der Waals surface area contributed by atoms with Crippen LogP contribution in [-0.2, 0) is 4.74 Å². The molecule has 72 valence electrons. The van der Waals surface area contributed by atoms with E-state index in [4.69, 9.17) is 10.5 Å². The van der Waals surface area contributed by atoms with Gasteiger partial charge in [0, 0.05) is 18.6 Å². The average molecular weight is 189 g/mol. The SMILES string of the molecule is CSCCCC1(CN)CCOC1. The van der Waals surface area contributed by atoms with Gasteiger partial charge in [0.15, 0.2) is 0 Å². The summed E-state index contributed by atoms with van der Waals surface area (Å²) in [5.41, 5.74) is 6.09. The van der Waals surface area contributed by atoms with Crippen molar-refractivity contribution in [1.82, 2.24) is 0 Å². The average Bonchev–Trinajstić information content (AvgIpc) is 2.55. The summed E-state index contributed by atoms with van der Waals surface area (Å²) < 4.78 is 5.40. The van der Waals surface area contributed by atoms with Crippen LogP contribution in [0.3, 0.4) is 0 Å². The number of rotatable bonds is 5. The largest absolute Gasteiger partial charge is 0.381 e. The van der Waals surface area contributed by atoms with Crippen LogP contribution in [0.2, 0.25) is 0 Å². The lowest BCUT2D eigenvalue weighted by atomic mass is 9.83. The van der Waals surface area contributed by atoms with Gasteiger partial charge in [-0.1, -0.05) is 0 Å². The van der Waals surface area contributed by atoms with Crippen molar-refractivity contribution in [2.45, 2.75) is 19.3 Å². The molecule has 2 N–H and O–H groups in total. The van der Waals surface area contributed by atoms with E-state index in [1.165, 1.54) is 18.6 Å². The maximum atomic E-state index is 5.76. The molecule has 0 amide bonds. The van der Waals surface area contributed by atoms with Crippen LogP contribution in [0.15, 0.2) is 0 Å². The highest BCUT2D eigenvalue weighted by atomic mass is 32.2. The van der Waals surface area contributed by atoms with Crippen LogP contribution in [0.1, 0.15) is 19.3 Å². The van der Waals surface area contributed by atoms with Gasteiger partial charge in [0.2, 0.25) is 0 Å². The van der Waals surface area contributed by atoms with E-state index in [1.54, 1.807) is 0 Å². The highest BCUT2D eigenvalue weighted by Gasteiger charge is 2.32. The molecule has 1 unspecified atom stereocenters. The fourth-order valence-corrected chi connectivity index (χ4v) is 2.13. The molecule has 0 spiro atoms. The molecule has 0 aromatic heterocycles. The van der Waals surface area contributed by atoms with Crippen molar-refractivity contribution in [2.75, 3.05) is 31.8 Å². The third kappa shape index (κ3) is 2.64. The molecule has 0 aliphatic carbocycles. The Bertz CT molecular complexity index is 124. The standard InChI is InChI=1S/C9H19NOS/c1-12-6-2-3-9(7-10)4-5-11-8-9/h2-8,10H2,1H3. The van der Waals surface area contributed by atoms with Gasteiger partial charge in [-0.05, 0) is 31.3 Å². The first-order chi connectivity index (χ1) is 5.83. The zero-order chi connectivity index (χ0) is 8.86. The summed E-state index contributed by atoms with van der Waals surface area (Å²) in [5, 5.41) is 0. The maximum absolute atomic E-state index is 5.76. The first kappa shape index (κ1) is 10.4. The zero-order valence-electron chi connectivity index (χ0n) is 7.84. The predicted octanol–water partition coefficient (Wildman–Crippen LogP) is 1.49. The second-order valence-corrected chi connectivity index (χ2v) is 4.59. The molecule has 0 aromatic rings. The summed E-state index contributed by atoms with van der Waals surface area (Å²) in [4.78, 5) is 0. The normalized spacial score (nSPS) is 29.5. The fourth-order valence-electron chi connectivity index (χ4n) is 1.70. The Hall–Kier alpha value is 0.270. The van der Waals surface area contributed by atoms with Gasteiger partial charge in [-0.25, -0.2) is 0 Å². The van der Waals surface area contributed by atoms with E-state index in [0.717, 1.165) is 26.2 Å². The van der Waals surface area contributed by atoms with E-state index in [0.29, 0.717) is 5.41 Å². The van der Waals surface area contributed by atoms with E-state index in [-0.39, 0.29) is 0 Å². The molecule has 3 heteroatoms. The minimum atomic E-state index is 0.329. The number of thioether (sulfide) groups is 1. The molecule has 0 radical (unpaired) electrons. The van der Waals surface area contributed by atoms with Crippen molar-refractivity contribution in [3.63, 3.8) is 0 Å². The van der Waals surface area contributed by atoms with Crippen molar-refractivity contribution in [3.8, 4) is 0 Å². The molecule has 1 atom stereocenters. The van der Waals surface area contributed by atoms with Crippen LogP contribution in [0.4, 0.5) is 0 Å². The zero-order valence-corrected chi connectivity index (χ0v) is 8.66. The molecule has 1 heterocycles. The molecule has 12 heavy (non-hydrogen) atoms. The van der Waals surface area contributed by atoms with E-state index in [2.05, 4.69) is 6.26 Å². The Morgan fingerprint density at radius 1 is 1.58 bits per heavy atom. The highest BCUT2D eigenvalue weighted by molar-refractivity contribution is 7.98. The van der Waals surface area contributed by atoms with Gasteiger partial charge in [0.1, 0.15) is 0 Å². The molecule has 2 nitrogen and oxygen atoms in total. The summed E-state index contributed by atoms with van der Waals surface area (Å²) in [6, 6.07) is 0. The van der Waals surface area contributed by atoms with Gasteiger partial charge in [-0.15, -0.1) is 0 Å². The van der Waals surface area contributed by atoms with Crippen LogP contribution in [0.25, 0.3) is 0 Å². The summed E-state index contributed by atoms with van der Waals surface area (Å²) >= 11 is 1.91. The van der Waals surface area contributed by atoms with Gasteiger partial charge >= 0.3 is 0 Å². The van der Waals surface area contributed by atoms with Gasteiger partial charge in [-0.3, -0.25) is 0 Å². The van der Waals surface area contributed by atoms with Crippen LogP contribution in [0, 0.1) is 5.41 Å². The summed E-state index contributed by atoms with van der Waals surface area (Å²) in [7, 11) is 0. The molecular formula is C9H19NOS. The number of ether oxygens (including phenoxy) is 1. The molecule has 1 aliphatic rings. The number of hydrogen-bond donors (Lipinski definition) is 1. The third-order valence-electron chi connectivity index (χ3n) is 2.67. The Morgan fingerprint density at radius 2 is 2.42 bits per heavy atom. The monoisotopic (exact) mass is 189 g/mol. The van der Waals surface area contributed by atoms with Gasteiger partial charge in [0.05, 0.1) is 6.61 Å². The maximum Gasteiger partial charge on any atom is 0.0535 e. The van der Waals surface area contributed by atoms with Crippen molar-refractivity contribution in [3.05, 3.63) is 0 Å². The first-order valence-corrected chi connectivity index (χ1v) is 5.99. The van der Waals surface area contributed by atoms with Crippen LogP contribution < -0.4 is 5.73 Å². The molecule has 0 bridgehead atoms. The van der Waals surface area contributed by atoms with E-state index in [1.807, 2.05) is 11.8 Å². The molecule has 1 aliphatic heterocycles. The van der Waals surface area contributed by atoms with E-state index >= 15 is 0 Å². The Balaban J connectivity index is 2.24. The summed E-state index contributed by atoms with van der Waals surface area (Å²) in [6.07, 6.45) is 5.84. The van der Waals surface area contributed by atoms with Gasteiger partial charge < -0.3 is 10.5 Å². The van der Waals surface area contributed by atoms with Crippen molar-refractivity contribution in [1.29, 1.82) is 0 Å². The summed E-state index contributed by atoms with van der Waals surface area (Å²) in [5.74, 6) is 1.25. The van der Waals surface area contributed by atoms with Crippen molar-refractivity contribution >= 4 is 11.8 Å². The van der Waals surface area contributed by atoms with Crippen molar-refractivity contribution in [2.24, 2.45) is 11.1 Å². The molecule has 1 rings (SSSR count). The lowest BCUT2D eigenvalue weighted by molar-refractivity contribution is 0.149. The molecule has 0 aromatic carbocycles. The van der Waals surface area contributed by atoms with Gasteiger partial charge in [0.25, 0.3) is 0 Å². The van der Waals surface area contributed by atoms with Crippen LogP contribution >= 0.6 is 11.8 Å². The van der Waals surface area contributed by atoms with Crippen molar-refractivity contribution < 1.29 is 4.74 Å². The van der Waals surface area contributed by atoms with Gasteiger partial charge in [-0.2, -0.15) is 11.8 Å². The minimum Gasteiger partial charge on any atom is -0.381 e. The highest BCUT2D eigenvalue weighted by Crippen LogP contribution is 2.32. The van der Waals surface area contributed by atoms with E-state index < -0.39 is 0 Å². The fraction of sp³-hybridized carbons (Fsp3) is 1.00. The number of hydrogen-bond acceptors (Lipinski definition) is 3. The second kappa shape index (κ2) is 5.10. The molecule has 1 saturated heterocycles. The molecular weight excluding hydrogens is 170 g/mol. The first-order valence-electron chi connectivity index (χ1n) is 4.60. The Kier molecular flexibility index (Phi) is 4.40. The Labute approximate surface area is 79.2 Å². The molecule has 0 saturated carbocycles. The third-order valence-corrected chi connectivity index (χ3v) is 3.37. The predicted molar refractivity (Wildman–Crippen MR) is 54.5 cm³/mol. The van der Waals surface area contributed by atoms with Crippen LogP contribution in [-0.4, -0.2) is 31.8 Å². The topological polar surface area (TPSA) is 35.2 Å². The number of nitrogens with two attached hydrogens (primary N) is 1. The lowest BCUT2D eigenvalue weighted by Gasteiger charge is -2.24. The summed E-state index contributed by atoms with van der Waals surface area (Å²) in [6.45, 7) is 2.59. The second-order valence-electron chi connectivity index (χ2n) is 3.60. The van der Waals surface area contributed by atoms with E-state index in [9.17, 15) is 0 Å². The quantitative estimate of drug-likeness (QED) is 0.666. The smallest absolute Gasteiger partial charge is 0.0535 e. The molecule has 1 fully saturated rings. The minimum absolute atomic E-state index is 0.329. The Morgan fingerprint density at radius 3 is 2.92 bits per heavy atom.